The minimum atomic E-state index is -1.83. The van der Waals surface area contributed by atoms with Crippen LogP contribution < -0.4 is 16.0 Å². The molecule has 0 bridgehead atoms. The molecule has 3 aromatic rings. The van der Waals surface area contributed by atoms with Crippen molar-refractivity contribution in [3.8, 4) is 0 Å². The van der Waals surface area contributed by atoms with Crippen LogP contribution in [0.2, 0.25) is 0 Å². The van der Waals surface area contributed by atoms with Crippen molar-refractivity contribution >= 4 is 80.6 Å². The molecule has 3 N–H and O–H groups in total. The Bertz CT molecular complexity index is 1060. The summed E-state index contributed by atoms with van der Waals surface area (Å²) in [5.74, 6) is -0.435. The van der Waals surface area contributed by atoms with E-state index in [0.29, 0.717) is 0 Å². The Balaban J connectivity index is 1.68. The molecule has 0 fully saturated rings. The second-order valence-electron chi connectivity index (χ2n) is 6.35. The molecule has 4 nitrogen and oxygen atoms in total. The van der Waals surface area contributed by atoms with E-state index < -0.39 is 15.9 Å². The van der Waals surface area contributed by atoms with Gasteiger partial charge in [0.1, 0.15) is 6.17 Å². The summed E-state index contributed by atoms with van der Waals surface area (Å²) in [6, 6.07) is 23.1. The monoisotopic (exact) mass is 477 g/mol. The van der Waals surface area contributed by atoms with Crippen molar-refractivity contribution in [2.24, 2.45) is 0 Å². The third kappa shape index (κ3) is 6.34. The van der Waals surface area contributed by atoms with E-state index in [9.17, 15) is 4.79 Å². The fraction of sp³-hybridized carbons (Fsp3) is 0.0909. The van der Waals surface area contributed by atoms with Crippen molar-refractivity contribution in [2.45, 2.75) is 9.96 Å². The molecule has 30 heavy (non-hydrogen) atoms. The molecule has 0 saturated heterocycles. The van der Waals surface area contributed by atoms with Gasteiger partial charge in [-0.05, 0) is 35.3 Å². The second kappa shape index (κ2) is 10.1. The van der Waals surface area contributed by atoms with Gasteiger partial charge in [-0.3, -0.25) is 4.79 Å². The second-order valence-corrected chi connectivity index (χ2v) is 9.13. The van der Waals surface area contributed by atoms with Crippen LogP contribution in [0.4, 0.5) is 5.69 Å². The highest BCUT2D eigenvalue weighted by molar-refractivity contribution is 7.80. The number of halogens is 3. The van der Waals surface area contributed by atoms with Gasteiger partial charge in [-0.15, -0.1) is 0 Å². The smallest absolute Gasteiger partial charge is 0.245 e. The fourth-order valence-corrected chi connectivity index (χ4v) is 3.31. The lowest BCUT2D eigenvalue weighted by molar-refractivity contribution is -0.117. The third-order valence-corrected chi connectivity index (χ3v) is 5.03. The van der Waals surface area contributed by atoms with Gasteiger partial charge in [0.2, 0.25) is 9.70 Å². The van der Waals surface area contributed by atoms with Crippen molar-refractivity contribution in [2.75, 3.05) is 5.32 Å². The van der Waals surface area contributed by atoms with E-state index in [2.05, 4.69) is 16.0 Å². The molecule has 0 radical (unpaired) electrons. The largest absolute Gasteiger partial charge is 0.339 e. The number of anilines is 1. The van der Waals surface area contributed by atoms with E-state index in [4.69, 9.17) is 47.0 Å². The Morgan fingerprint density at radius 2 is 1.57 bits per heavy atom. The molecule has 1 amide bonds. The van der Waals surface area contributed by atoms with Gasteiger partial charge in [-0.25, -0.2) is 0 Å². The Morgan fingerprint density at radius 3 is 2.30 bits per heavy atom. The highest BCUT2D eigenvalue weighted by Gasteiger charge is 2.34. The number of carbonyl (C=O) groups excluding carboxylic acids is 1. The highest BCUT2D eigenvalue weighted by atomic mass is 35.6. The minimum absolute atomic E-state index is 0.204. The Labute approximate surface area is 195 Å². The molecule has 1 atom stereocenters. The van der Waals surface area contributed by atoms with Crippen molar-refractivity contribution in [3.63, 3.8) is 0 Å². The Kier molecular flexibility index (Phi) is 7.56. The standard InChI is InChI=1S/C22H18Cl3N3OS/c23-22(24,25)20(27-19(29)14-13-15-7-2-1-3-8-15)28-21(30)26-18-12-6-10-16-9-4-5-11-17(16)18/h1-14,20H,(H,27,29)(H2,26,28,30)/b14-13+/t20-/m1/s1. The fourth-order valence-electron chi connectivity index (χ4n) is 2.75. The quantitative estimate of drug-likeness (QED) is 0.192. The molecule has 0 aliphatic rings. The van der Waals surface area contributed by atoms with Crippen molar-refractivity contribution < 1.29 is 4.79 Å². The normalized spacial score (nSPS) is 12.5. The van der Waals surface area contributed by atoms with Gasteiger partial charge in [0.05, 0.1) is 0 Å². The molecule has 3 aromatic carbocycles. The Morgan fingerprint density at radius 1 is 0.900 bits per heavy atom. The first-order valence-corrected chi connectivity index (χ1v) is 10.5. The van der Waals surface area contributed by atoms with Gasteiger partial charge in [-0.2, -0.15) is 0 Å². The first kappa shape index (κ1) is 22.4. The number of fused-ring (bicyclic) bond motifs is 1. The summed E-state index contributed by atoms with van der Waals surface area (Å²) in [7, 11) is 0. The maximum absolute atomic E-state index is 12.3. The number of rotatable bonds is 5. The minimum Gasteiger partial charge on any atom is -0.339 e. The third-order valence-electron chi connectivity index (χ3n) is 4.15. The summed E-state index contributed by atoms with van der Waals surface area (Å²) in [6.45, 7) is 0. The lowest BCUT2D eigenvalue weighted by atomic mass is 10.1. The molecule has 0 saturated carbocycles. The first-order valence-electron chi connectivity index (χ1n) is 8.98. The maximum Gasteiger partial charge on any atom is 0.245 e. The van der Waals surface area contributed by atoms with Crippen LogP contribution in [0, 0.1) is 0 Å². The molecule has 0 unspecified atom stereocenters. The number of carbonyl (C=O) groups is 1. The molecule has 0 aliphatic heterocycles. The average Bonchev–Trinajstić information content (AvgIpc) is 2.72. The van der Waals surface area contributed by atoms with Crippen LogP contribution in [0.3, 0.4) is 0 Å². The SMILES string of the molecule is O=C(/C=C/c1ccccc1)N[C@H](NC(=S)Nc1cccc2ccccc12)C(Cl)(Cl)Cl. The van der Waals surface area contributed by atoms with Crippen LogP contribution in [-0.2, 0) is 4.79 Å². The summed E-state index contributed by atoms with van der Waals surface area (Å²) in [6.07, 6.45) is 1.98. The molecular weight excluding hydrogens is 461 g/mol. The van der Waals surface area contributed by atoms with Crippen LogP contribution in [0.15, 0.2) is 78.9 Å². The van der Waals surface area contributed by atoms with Crippen molar-refractivity contribution in [1.82, 2.24) is 10.6 Å². The van der Waals surface area contributed by atoms with Crippen LogP contribution in [0.5, 0.6) is 0 Å². The molecule has 154 valence electrons. The van der Waals surface area contributed by atoms with Crippen molar-refractivity contribution in [3.05, 3.63) is 84.4 Å². The molecule has 3 rings (SSSR count). The summed E-state index contributed by atoms with van der Waals surface area (Å²) < 4.78 is -1.83. The predicted octanol–water partition coefficient (Wildman–Crippen LogP) is 5.65. The summed E-state index contributed by atoms with van der Waals surface area (Å²) in [4.78, 5) is 12.3. The molecule has 0 spiro atoms. The molecule has 0 aromatic heterocycles. The zero-order chi connectivity index (χ0) is 21.6. The summed E-state index contributed by atoms with van der Waals surface area (Å²) >= 11 is 23.5. The van der Waals surface area contributed by atoms with Crippen molar-refractivity contribution in [1.29, 1.82) is 0 Å². The number of thiocarbonyl (C=S) groups is 1. The van der Waals surface area contributed by atoms with Gasteiger partial charge in [0, 0.05) is 17.1 Å². The molecule has 0 aliphatic carbocycles. The van der Waals surface area contributed by atoms with Crippen LogP contribution in [0.25, 0.3) is 16.8 Å². The van der Waals surface area contributed by atoms with Crippen LogP contribution in [-0.4, -0.2) is 21.0 Å². The van der Waals surface area contributed by atoms with Gasteiger partial charge in [-0.1, -0.05) is 102 Å². The molecule has 8 heteroatoms. The van der Waals surface area contributed by atoms with Crippen LogP contribution in [0.1, 0.15) is 5.56 Å². The van der Waals surface area contributed by atoms with Gasteiger partial charge in [0.25, 0.3) is 0 Å². The van der Waals surface area contributed by atoms with Crippen LogP contribution >= 0.6 is 47.0 Å². The highest BCUT2D eigenvalue weighted by Crippen LogP contribution is 2.29. The zero-order valence-corrected chi connectivity index (χ0v) is 18.7. The lowest BCUT2D eigenvalue weighted by Crippen LogP contribution is -2.55. The number of benzene rings is 3. The molecular formula is C22H18Cl3N3OS. The number of nitrogens with one attached hydrogen (secondary N) is 3. The van der Waals surface area contributed by atoms with E-state index in [0.717, 1.165) is 22.0 Å². The first-order chi connectivity index (χ1) is 14.3. The maximum atomic E-state index is 12.3. The number of amides is 1. The van der Waals surface area contributed by atoms with Gasteiger partial charge >= 0.3 is 0 Å². The van der Waals surface area contributed by atoms with E-state index in [1.165, 1.54) is 6.08 Å². The average molecular weight is 479 g/mol. The van der Waals surface area contributed by atoms with E-state index >= 15 is 0 Å². The summed E-state index contributed by atoms with van der Waals surface area (Å²) in [5.41, 5.74) is 1.67. The van der Waals surface area contributed by atoms with E-state index in [1.54, 1.807) is 6.08 Å². The van der Waals surface area contributed by atoms with Gasteiger partial charge < -0.3 is 16.0 Å². The zero-order valence-electron chi connectivity index (χ0n) is 15.6. The van der Waals surface area contributed by atoms with E-state index in [1.807, 2.05) is 72.8 Å². The topological polar surface area (TPSA) is 53.2 Å². The lowest BCUT2D eigenvalue weighted by Gasteiger charge is -2.27. The number of hydrogen-bond acceptors (Lipinski definition) is 2. The number of hydrogen-bond donors (Lipinski definition) is 3. The Hall–Kier alpha value is -2.31. The summed E-state index contributed by atoms with van der Waals surface area (Å²) in [5, 5.41) is 10.8. The molecule has 0 heterocycles. The van der Waals surface area contributed by atoms with E-state index in [-0.39, 0.29) is 5.11 Å². The van der Waals surface area contributed by atoms with Gasteiger partial charge in [0.15, 0.2) is 5.11 Å². The number of alkyl halides is 3. The predicted molar refractivity (Wildman–Crippen MR) is 131 cm³/mol.